The lowest BCUT2D eigenvalue weighted by Crippen LogP contribution is -2.49. The second kappa shape index (κ2) is 11.9. The summed E-state index contributed by atoms with van der Waals surface area (Å²) in [6.07, 6.45) is -0.0281. The van der Waals surface area contributed by atoms with Gasteiger partial charge < -0.3 is 4.74 Å². The number of fused-ring (bicyclic) bond motifs is 2. The van der Waals surface area contributed by atoms with Crippen molar-refractivity contribution < 1.29 is 33.5 Å². The minimum atomic E-state index is -1.36. The molecular weight excluding hydrogens is 560 g/mol. The molecule has 0 bridgehead atoms. The van der Waals surface area contributed by atoms with Crippen LogP contribution in [0.1, 0.15) is 52.6 Å². The first-order valence-corrected chi connectivity index (χ1v) is 14.1. The minimum absolute atomic E-state index is 0.00847. The van der Waals surface area contributed by atoms with Gasteiger partial charge in [-0.25, -0.2) is 4.79 Å². The van der Waals surface area contributed by atoms with Crippen LogP contribution in [0, 0.1) is 0 Å². The molecule has 9 nitrogen and oxygen atoms in total. The molecule has 0 aromatic heterocycles. The number of esters is 1. The Labute approximate surface area is 252 Å². The molecule has 2 heterocycles. The van der Waals surface area contributed by atoms with Crippen LogP contribution in [0.3, 0.4) is 0 Å². The Morgan fingerprint density at radius 1 is 0.500 bits per heavy atom. The van der Waals surface area contributed by atoms with Gasteiger partial charge in [-0.3, -0.25) is 33.8 Å². The molecule has 4 aromatic carbocycles. The molecule has 9 heteroatoms. The molecule has 2 atom stereocenters. The number of rotatable bonds is 10. The van der Waals surface area contributed by atoms with Gasteiger partial charge in [-0.15, -0.1) is 0 Å². The van der Waals surface area contributed by atoms with Gasteiger partial charge in [0.05, 0.1) is 22.3 Å². The molecule has 44 heavy (non-hydrogen) atoms. The van der Waals surface area contributed by atoms with E-state index in [1.54, 1.807) is 84.9 Å². The Kier molecular flexibility index (Phi) is 7.68. The number of amides is 4. The predicted octanol–water partition coefficient (Wildman–Crippen LogP) is 3.91. The quantitative estimate of drug-likeness (QED) is 0.204. The molecule has 4 amide bonds. The average Bonchev–Trinajstić information content (AvgIpc) is 3.46. The second-order valence-electron chi connectivity index (χ2n) is 10.5. The lowest BCUT2D eigenvalue weighted by atomic mass is 10.0. The summed E-state index contributed by atoms with van der Waals surface area (Å²) in [7, 11) is 0. The van der Waals surface area contributed by atoms with E-state index in [-0.39, 0.29) is 35.1 Å². The highest BCUT2D eigenvalue weighted by Crippen LogP contribution is 2.28. The van der Waals surface area contributed by atoms with Crippen molar-refractivity contribution >= 4 is 35.4 Å². The third-order valence-electron chi connectivity index (χ3n) is 7.82. The fourth-order valence-corrected chi connectivity index (χ4v) is 5.62. The van der Waals surface area contributed by atoms with E-state index in [9.17, 15) is 28.8 Å². The van der Waals surface area contributed by atoms with Crippen molar-refractivity contribution in [2.24, 2.45) is 0 Å². The highest BCUT2D eigenvalue weighted by Gasteiger charge is 2.45. The van der Waals surface area contributed by atoms with E-state index in [1.165, 1.54) is 24.3 Å². The SMILES string of the molecule is O=C(OCC(=O)[C@H](Cc1ccccc1)N1C(=O)c2ccccc2C1=O)[C@@H](Cc1ccccc1)N1C(=O)c2ccccc2C1=O. The third-order valence-corrected chi connectivity index (χ3v) is 7.82. The first-order chi connectivity index (χ1) is 21.3. The van der Waals surface area contributed by atoms with Crippen molar-refractivity contribution in [1.82, 2.24) is 9.80 Å². The van der Waals surface area contributed by atoms with Crippen molar-refractivity contribution in [3.8, 4) is 0 Å². The first kappa shape index (κ1) is 28.4. The van der Waals surface area contributed by atoms with E-state index in [4.69, 9.17) is 4.74 Å². The van der Waals surface area contributed by atoms with E-state index in [0.29, 0.717) is 11.1 Å². The van der Waals surface area contributed by atoms with E-state index in [1.807, 2.05) is 0 Å². The van der Waals surface area contributed by atoms with Gasteiger partial charge >= 0.3 is 5.97 Å². The van der Waals surface area contributed by atoms with Crippen molar-refractivity contribution in [3.63, 3.8) is 0 Å². The molecule has 2 aliphatic heterocycles. The molecule has 0 radical (unpaired) electrons. The summed E-state index contributed by atoms with van der Waals surface area (Å²) >= 11 is 0. The van der Waals surface area contributed by atoms with E-state index >= 15 is 0 Å². The zero-order valence-corrected chi connectivity index (χ0v) is 23.4. The molecule has 0 unspecified atom stereocenters. The maximum atomic E-state index is 13.7. The number of carbonyl (C=O) groups is 6. The summed E-state index contributed by atoms with van der Waals surface area (Å²) in [6.45, 7) is -0.780. The Morgan fingerprint density at radius 3 is 1.25 bits per heavy atom. The number of carbonyl (C=O) groups excluding carboxylic acids is 6. The summed E-state index contributed by atoms with van der Waals surface area (Å²) in [5, 5.41) is 0. The van der Waals surface area contributed by atoms with E-state index in [0.717, 1.165) is 9.80 Å². The minimum Gasteiger partial charge on any atom is -0.456 e. The summed E-state index contributed by atoms with van der Waals surface area (Å²) in [5.74, 6) is -4.14. The molecule has 4 aromatic rings. The van der Waals surface area contributed by atoms with Gasteiger partial charge in [0.25, 0.3) is 23.6 Å². The van der Waals surface area contributed by atoms with Crippen LogP contribution in [-0.2, 0) is 27.2 Å². The topological polar surface area (TPSA) is 118 Å². The van der Waals surface area contributed by atoms with Gasteiger partial charge in [-0.1, -0.05) is 84.9 Å². The molecule has 0 saturated heterocycles. The fourth-order valence-electron chi connectivity index (χ4n) is 5.62. The highest BCUT2D eigenvalue weighted by atomic mass is 16.5. The van der Waals surface area contributed by atoms with Crippen LogP contribution in [-0.4, -0.2) is 63.9 Å². The number of benzene rings is 4. The van der Waals surface area contributed by atoms with Crippen LogP contribution in [0.15, 0.2) is 109 Å². The molecule has 0 aliphatic carbocycles. The van der Waals surface area contributed by atoms with Crippen LogP contribution in [0.5, 0.6) is 0 Å². The number of ketones is 1. The molecule has 0 fully saturated rings. The van der Waals surface area contributed by atoms with Crippen molar-refractivity contribution in [1.29, 1.82) is 0 Å². The van der Waals surface area contributed by atoms with Gasteiger partial charge in [0.15, 0.2) is 12.4 Å². The summed E-state index contributed by atoms with van der Waals surface area (Å²) < 4.78 is 5.49. The van der Waals surface area contributed by atoms with Crippen LogP contribution >= 0.6 is 0 Å². The van der Waals surface area contributed by atoms with Crippen LogP contribution < -0.4 is 0 Å². The number of nitrogens with zero attached hydrogens (tertiary/aromatic N) is 2. The molecule has 0 N–H and O–H groups in total. The molecule has 0 saturated carbocycles. The molecule has 0 spiro atoms. The summed E-state index contributed by atoms with van der Waals surface area (Å²) in [6, 6.07) is 27.7. The standard InChI is InChI=1S/C35H26N2O7/c38-30(28(19-22-11-3-1-4-12-22)36-31(39)24-15-7-8-16-25(24)32(36)40)21-44-35(43)29(20-23-13-5-2-6-14-23)37-33(41)26-17-9-10-18-27(26)34(37)42/h1-18,28-29H,19-21H2/t28-,29+/m0/s1. The van der Waals surface area contributed by atoms with Crippen molar-refractivity contribution in [2.45, 2.75) is 24.9 Å². The number of ether oxygens (including phenoxy) is 1. The fraction of sp³-hybridized carbons (Fsp3) is 0.143. The summed E-state index contributed by atoms with van der Waals surface area (Å²) in [5.41, 5.74) is 2.09. The molecular formula is C35H26N2O7. The van der Waals surface area contributed by atoms with Gasteiger partial charge in [0.2, 0.25) is 0 Å². The van der Waals surface area contributed by atoms with Gasteiger partial charge in [0, 0.05) is 12.8 Å². The highest BCUT2D eigenvalue weighted by molar-refractivity contribution is 6.23. The Morgan fingerprint density at radius 2 is 0.841 bits per heavy atom. The number of hydrogen-bond donors (Lipinski definition) is 0. The van der Waals surface area contributed by atoms with Crippen molar-refractivity contribution in [2.75, 3.05) is 6.61 Å². The normalized spacial score (nSPS) is 15.2. The lowest BCUT2D eigenvalue weighted by molar-refractivity contribution is -0.152. The Bertz CT molecular complexity index is 1600. The predicted molar refractivity (Wildman–Crippen MR) is 158 cm³/mol. The molecule has 6 rings (SSSR count). The van der Waals surface area contributed by atoms with Gasteiger partial charge in [-0.05, 0) is 35.4 Å². The zero-order chi connectivity index (χ0) is 30.8. The van der Waals surface area contributed by atoms with Crippen molar-refractivity contribution in [3.05, 3.63) is 143 Å². The van der Waals surface area contributed by atoms with E-state index < -0.39 is 54.1 Å². The molecule has 2 aliphatic rings. The zero-order valence-electron chi connectivity index (χ0n) is 23.4. The van der Waals surface area contributed by atoms with Gasteiger partial charge in [0.1, 0.15) is 12.1 Å². The number of Topliss-reactive ketones (excluding diaryl/α,β-unsaturated/α-hetero) is 1. The third kappa shape index (κ3) is 5.20. The van der Waals surface area contributed by atoms with Crippen LogP contribution in [0.4, 0.5) is 0 Å². The average molecular weight is 587 g/mol. The number of imide groups is 2. The second-order valence-corrected chi connectivity index (χ2v) is 10.5. The maximum absolute atomic E-state index is 13.7. The monoisotopic (exact) mass is 586 g/mol. The first-order valence-electron chi connectivity index (χ1n) is 14.1. The Hall–Kier alpha value is -5.70. The maximum Gasteiger partial charge on any atom is 0.330 e. The van der Waals surface area contributed by atoms with Gasteiger partial charge in [-0.2, -0.15) is 0 Å². The molecule has 218 valence electrons. The lowest BCUT2D eigenvalue weighted by Gasteiger charge is -2.27. The Balaban J connectivity index is 1.26. The van der Waals surface area contributed by atoms with E-state index in [2.05, 4.69) is 0 Å². The smallest absolute Gasteiger partial charge is 0.330 e. The largest absolute Gasteiger partial charge is 0.456 e. The van der Waals surface area contributed by atoms with Crippen LogP contribution in [0.25, 0.3) is 0 Å². The van der Waals surface area contributed by atoms with Crippen LogP contribution in [0.2, 0.25) is 0 Å². The summed E-state index contributed by atoms with van der Waals surface area (Å²) in [4.78, 5) is 82.3. The number of hydrogen-bond acceptors (Lipinski definition) is 7.